The topological polar surface area (TPSA) is 49.3 Å². The van der Waals surface area contributed by atoms with Gasteiger partial charge in [0.15, 0.2) is 0 Å². The van der Waals surface area contributed by atoms with Crippen molar-refractivity contribution in [1.82, 2.24) is 0 Å². The fraction of sp³-hybridized carbons (Fsp3) is 0.188. The first-order valence-electron chi connectivity index (χ1n) is 6.78. The molecular formula is C16H11ClF5NO2. The number of halogens is 6. The van der Waals surface area contributed by atoms with Crippen molar-refractivity contribution in [3.8, 4) is 5.75 Å². The van der Waals surface area contributed by atoms with Crippen LogP contribution < -0.4 is 5.32 Å². The highest BCUT2D eigenvalue weighted by atomic mass is 35.5. The van der Waals surface area contributed by atoms with Gasteiger partial charge in [-0.25, -0.2) is 8.78 Å². The fourth-order valence-corrected chi connectivity index (χ4v) is 2.18. The summed E-state index contributed by atoms with van der Waals surface area (Å²) < 4.78 is 65.6. The van der Waals surface area contributed by atoms with Crippen molar-refractivity contribution in [2.45, 2.75) is 19.0 Å². The van der Waals surface area contributed by atoms with Crippen molar-refractivity contribution in [3.63, 3.8) is 0 Å². The Balaban J connectivity index is 2.45. The SMILES string of the molecule is CC(F)(F)c1cc(NC(=O)c2cc(Cl)ccc2O)cc(C(F)(F)F)c1. The molecular weight excluding hydrogens is 369 g/mol. The summed E-state index contributed by atoms with van der Waals surface area (Å²) in [5.41, 5.74) is -3.05. The zero-order chi connectivity index (χ0) is 19.0. The molecule has 2 rings (SSSR count). The second-order valence-electron chi connectivity index (χ2n) is 5.30. The lowest BCUT2D eigenvalue weighted by atomic mass is 10.0. The maximum Gasteiger partial charge on any atom is 0.416 e. The summed E-state index contributed by atoms with van der Waals surface area (Å²) in [5.74, 6) is -5.00. The van der Waals surface area contributed by atoms with Gasteiger partial charge in [-0.1, -0.05) is 11.6 Å². The number of alkyl halides is 5. The van der Waals surface area contributed by atoms with E-state index in [4.69, 9.17) is 11.6 Å². The molecule has 2 aromatic carbocycles. The number of benzene rings is 2. The maximum atomic E-state index is 13.4. The molecule has 2 aromatic rings. The molecule has 9 heteroatoms. The molecule has 3 nitrogen and oxygen atoms in total. The van der Waals surface area contributed by atoms with E-state index in [1.807, 2.05) is 0 Å². The van der Waals surface area contributed by atoms with E-state index in [0.717, 1.165) is 18.2 Å². The van der Waals surface area contributed by atoms with E-state index in [9.17, 15) is 31.9 Å². The van der Waals surface area contributed by atoms with Crippen LogP contribution in [0.3, 0.4) is 0 Å². The van der Waals surface area contributed by atoms with Crippen molar-refractivity contribution in [3.05, 3.63) is 58.1 Å². The van der Waals surface area contributed by atoms with Crippen LogP contribution in [0.25, 0.3) is 0 Å². The monoisotopic (exact) mass is 379 g/mol. The Morgan fingerprint density at radius 2 is 1.64 bits per heavy atom. The number of aromatic hydroxyl groups is 1. The van der Waals surface area contributed by atoms with E-state index in [-0.39, 0.29) is 10.6 Å². The van der Waals surface area contributed by atoms with Crippen LogP contribution in [0.2, 0.25) is 5.02 Å². The summed E-state index contributed by atoms with van der Waals surface area (Å²) in [5, 5.41) is 11.8. The van der Waals surface area contributed by atoms with Gasteiger partial charge < -0.3 is 10.4 Å². The van der Waals surface area contributed by atoms with Crippen molar-refractivity contribution < 1.29 is 31.9 Å². The number of carbonyl (C=O) groups is 1. The molecule has 0 bridgehead atoms. The van der Waals surface area contributed by atoms with Gasteiger partial charge in [0.05, 0.1) is 11.1 Å². The van der Waals surface area contributed by atoms with Gasteiger partial charge in [0.25, 0.3) is 11.8 Å². The van der Waals surface area contributed by atoms with E-state index in [0.29, 0.717) is 19.1 Å². The number of hydrogen-bond acceptors (Lipinski definition) is 2. The first-order valence-corrected chi connectivity index (χ1v) is 7.16. The molecule has 0 aliphatic heterocycles. The van der Waals surface area contributed by atoms with Crippen LogP contribution in [0.1, 0.15) is 28.4 Å². The van der Waals surface area contributed by atoms with E-state index < -0.39 is 40.6 Å². The van der Waals surface area contributed by atoms with Crippen LogP contribution in [0.5, 0.6) is 5.75 Å². The lowest BCUT2D eigenvalue weighted by molar-refractivity contribution is -0.137. The second-order valence-corrected chi connectivity index (χ2v) is 5.74. The third-order valence-electron chi connectivity index (χ3n) is 3.23. The number of anilines is 1. The summed E-state index contributed by atoms with van der Waals surface area (Å²) >= 11 is 5.69. The third-order valence-corrected chi connectivity index (χ3v) is 3.46. The van der Waals surface area contributed by atoms with Gasteiger partial charge >= 0.3 is 6.18 Å². The molecule has 0 aromatic heterocycles. The third kappa shape index (κ3) is 4.60. The number of hydrogen-bond donors (Lipinski definition) is 2. The molecule has 0 atom stereocenters. The molecule has 2 N–H and O–H groups in total. The Labute approximate surface area is 144 Å². The summed E-state index contributed by atoms with van der Waals surface area (Å²) in [4.78, 5) is 12.1. The Morgan fingerprint density at radius 3 is 2.20 bits per heavy atom. The maximum absolute atomic E-state index is 13.4. The molecule has 0 saturated carbocycles. The lowest BCUT2D eigenvalue weighted by Crippen LogP contribution is -2.16. The van der Waals surface area contributed by atoms with Crippen LogP contribution >= 0.6 is 11.6 Å². The van der Waals surface area contributed by atoms with Gasteiger partial charge in [-0.15, -0.1) is 0 Å². The molecule has 0 unspecified atom stereocenters. The fourth-order valence-electron chi connectivity index (χ4n) is 2.01. The normalized spacial score (nSPS) is 12.1. The van der Waals surface area contributed by atoms with Gasteiger partial charge in [0.1, 0.15) is 5.75 Å². The highest BCUT2D eigenvalue weighted by Crippen LogP contribution is 2.37. The highest BCUT2D eigenvalue weighted by molar-refractivity contribution is 6.31. The smallest absolute Gasteiger partial charge is 0.416 e. The van der Waals surface area contributed by atoms with Crippen molar-refractivity contribution >= 4 is 23.2 Å². The quantitative estimate of drug-likeness (QED) is 0.699. The number of phenolic OH excluding ortho intramolecular Hbond substituents is 1. The molecule has 25 heavy (non-hydrogen) atoms. The van der Waals surface area contributed by atoms with E-state index in [1.165, 1.54) is 6.07 Å². The average Bonchev–Trinajstić information content (AvgIpc) is 2.47. The Morgan fingerprint density at radius 1 is 1.04 bits per heavy atom. The van der Waals surface area contributed by atoms with Gasteiger partial charge in [0.2, 0.25) is 0 Å². The van der Waals surface area contributed by atoms with Crippen LogP contribution in [-0.2, 0) is 12.1 Å². The molecule has 1 amide bonds. The summed E-state index contributed by atoms with van der Waals surface area (Å²) in [7, 11) is 0. The summed E-state index contributed by atoms with van der Waals surface area (Å²) in [6.07, 6.45) is -4.88. The summed E-state index contributed by atoms with van der Waals surface area (Å²) in [6, 6.07) is 5.08. The standard InChI is InChI=1S/C16H11ClF5NO2/c1-15(18,19)8-4-9(16(20,21)22)6-11(5-8)23-14(25)12-7-10(17)2-3-13(12)24/h2-7,24H,1H3,(H,23,25). The van der Waals surface area contributed by atoms with Crippen molar-refractivity contribution in [1.29, 1.82) is 0 Å². The van der Waals surface area contributed by atoms with Crippen molar-refractivity contribution in [2.24, 2.45) is 0 Å². The second kappa shape index (κ2) is 6.51. The minimum Gasteiger partial charge on any atom is -0.507 e. The predicted octanol–water partition coefficient (Wildman–Crippen LogP) is 5.43. The number of phenols is 1. The van der Waals surface area contributed by atoms with Gasteiger partial charge in [0, 0.05) is 23.2 Å². The largest absolute Gasteiger partial charge is 0.507 e. The zero-order valence-corrected chi connectivity index (χ0v) is 13.3. The van der Waals surface area contributed by atoms with Crippen LogP contribution in [0.15, 0.2) is 36.4 Å². The number of nitrogens with one attached hydrogen (secondary N) is 1. The van der Waals surface area contributed by atoms with Gasteiger partial charge in [-0.3, -0.25) is 4.79 Å². The Bertz CT molecular complexity index is 783. The zero-order valence-electron chi connectivity index (χ0n) is 12.6. The molecule has 0 aliphatic carbocycles. The van der Waals surface area contributed by atoms with Crippen LogP contribution in [0, 0.1) is 0 Å². The minimum absolute atomic E-state index is 0.104. The summed E-state index contributed by atoms with van der Waals surface area (Å²) in [6.45, 7) is 0.441. The molecule has 0 aliphatic rings. The number of rotatable bonds is 3. The van der Waals surface area contributed by atoms with Gasteiger partial charge in [-0.2, -0.15) is 13.2 Å². The molecule has 0 saturated heterocycles. The Hall–Kier alpha value is -2.35. The van der Waals surface area contributed by atoms with Crippen LogP contribution in [-0.4, -0.2) is 11.0 Å². The lowest BCUT2D eigenvalue weighted by Gasteiger charge is -2.17. The Kier molecular flexibility index (Phi) is 4.94. The molecule has 0 radical (unpaired) electrons. The minimum atomic E-state index is -4.88. The number of amides is 1. The molecule has 0 spiro atoms. The number of carbonyl (C=O) groups excluding carboxylic acids is 1. The first kappa shape index (κ1) is 19.0. The molecule has 134 valence electrons. The molecule has 0 heterocycles. The van der Waals surface area contributed by atoms with E-state index >= 15 is 0 Å². The predicted molar refractivity (Wildman–Crippen MR) is 82.1 cm³/mol. The van der Waals surface area contributed by atoms with Crippen LogP contribution in [0.4, 0.5) is 27.6 Å². The first-order chi connectivity index (χ1) is 11.4. The van der Waals surface area contributed by atoms with Gasteiger partial charge in [-0.05, 0) is 36.4 Å². The highest BCUT2D eigenvalue weighted by Gasteiger charge is 2.34. The van der Waals surface area contributed by atoms with Crippen molar-refractivity contribution in [2.75, 3.05) is 5.32 Å². The molecule has 0 fully saturated rings. The van der Waals surface area contributed by atoms with E-state index in [2.05, 4.69) is 5.32 Å². The average molecular weight is 380 g/mol. The van der Waals surface area contributed by atoms with E-state index in [1.54, 1.807) is 0 Å².